The number of nitrogens with zero attached hydrogens (tertiary/aromatic N) is 3. The highest BCUT2D eigenvalue weighted by Gasteiger charge is 2.14. The molecule has 3 rings (SSSR count). The Balaban J connectivity index is 2.18. The lowest BCUT2D eigenvalue weighted by molar-refractivity contribution is 0.0683. The second-order valence-electron chi connectivity index (χ2n) is 4.34. The van der Waals surface area contributed by atoms with Crippen molar-refractivity contribution in [3.8, 4) is 22.8 Å². The first kappa shape index (κ1) is 12.9. The standard InChI is InChI=1S/C16H11N3O2/c20-16(21)15-18-13(11-7-3-1-4-8-11)17-14(19-15)12-9-5-2-6-10-12/h1-10H,(H,20,21). The minimum absolute atomic E-state index is 0.261. The predicted molar refractivity (Wildman–Crippen MR) is 77.7 cm³/mol. The number of carboxylic acid groups (broad SMARTS) is 1. The molecule has 0 radical (unpaired) electrons. The maximum absolute atomic E-state index is 11.2. The second kappa shape index (κ2) is 5.50. The van der Waals surface area contributed by atoms with E-state index in [0.717, 1.165) is 11.1 Å². The second-order valence-corrected chi connectivity index (χ2v) is 4.34. The molecule has 0 aliphatic heterocycles. The highest BCUT2D eigenvalue weighted by atomic mass is 16.4. The molecular weight excluding hydrogens is 266 g/mol. The van der Waals surface area contributed by atoms with E-state index in [0.29, 0.717) is 11.6 Å². The van der Waals surface area contributed by atoms with Crippen molar-refractivity contribution in [3.63, 3.8) is 0 Å². The molecule has 0 aliphatic rings. The fraction of sp³-hybridized carbons (Fsp3) is 0. The molecule has 1 heterocycles. The summed E-state index contributed by atoms with van der Waals surface area (Å²) >= 11 is 0. The van der Waals surface area contributed by atoms with Gasteiger partial charge in [0, 0.05) is 11.1 Å². The fourth-order valence-corrected chi connectivity index (χ4v) is 1.90. The number of carbonyl (C=O) groups is 1. The van der Waals surface area contributed by atoms with E-state index in [1.54, 1.807) is 0 Å². The van der Waals surface area contributed by atoms with Gasteiger partial charge in [-0.1, -0.05) is 60.7 Å². The molecule has 0 amide bonds. The fourth-order valence-electron chi connectivity index (χ4n) is 1.90. The van der Waals surface area contributed by atoms with Crippen LogP contribution in [0.1, 0.15) is 10.6 Å². The van der Waals surface area contributed by atoms with Crippen LogP contribution in [0.4, 0.5) is 0 Å². The van der Waals surface area contributed by atoms with Gasteiger partial charge in [-0.2, -0.15) is 0 Å². The summed E-state index contributed by atoms with van der Waals surface area (Å²) in [6, 6.07) is 18.5. The molecule has 102 valence electrons. The van der Waals surface area contributed by atoms with Crippen LogP contribution >= 0.6 is 0 Å². The van der Waals surface area contributed by atoms with Crippen molar-refractivity contribution in [1.82, 2.24) is 15.0 Å². The number of aromatic carboxylic acids is 1. The highest BCUT2D eigenvalue weighted by Crippen LogP contribution is 2.19. The molecule has 5 nitrogen and oxygen atoms in total. The average molecular weight is 277 g/mol. The van der Waals surface area contributed by atoms with E-state index in [-0.39, 0.29) is 5.82 Å². The number of aromatic nitrogens is 3. The van der Waals surface area contributed by atoms with Crippen LogP contribution in [0.2, 0.25) is 0 Å². The van der Waals surface area contributed by atoms with Crippen molar-refractivity contribution in [2.24, 2.45) is 0 Å². The quantitative estimate of drug-likeness (QED) is 0.796. The largest absolute Gasteiger partial charge is 0.475 e. The first-order valence-electron chi connectivity index (χ1n) is 6.34. The molecule has 1 N–H and O–H groups in total. The van der Waals surface area contributed by atoms with Gasteiger partial charge < -0.3 is 5.11 Å². The summed E-state index contributed by atoms with van der Waals surface area (Å²) in [5, 5.41) is 9.17. The van der Waals surface area contributed by atoms with Gasteiger partial charge in [-0.15, -0.1) is 0 Å². The van der Waals surface area contributed by atoms with Crippen LogP contribution in [0.15, 0.2) is 60.7 Å². The molecule has 0 fully saturated rings. The molecule has 0 spiro atoms. The zero-order valence-electron chi connectivity index (χ0n) is 11.0. The van der Waals surface area contributed by atoms with E-state index in [1.165, 1.54) is 0 Å². The molecule has 21 heavy (non-hydrogen) atoms. The average Bonchev–Trinajstić information content (AvgIpc) is 2.56. The minimum Gasteiger partial charge on any atom is -0.475 e. The van der Waals surface area contributed by atoms with Crippen LogP contribution < -0.4 is 0 Å². The summed E-state index contributed by atoms with van der Waals surface area (Å²) in [6.45, 7) is 0. The smallest absolute Gasteiger partial charge is 0.374 e. The Morgan fingerprint density at radius 2 is 1.14 bits per heavy atom. The third-order valence-corrected chi connectivity index (χ3v) is 2.89. The van der Waals surface area contributed by atoms with E-state index in [4.69, 9.17) is 0 Å². The number of hydrogen-bond acceptors (Lipinski definition) is 4. The molecule has 0 saturated carbocycles. The van der Waals surface area contributed by atoms with E-state index in [9.17, 15) is 9.90 Å². The minimum atomic E-state index is -1.17. The van der Waals surface area contributed by atoms with Crippen molar-refractivity contribution >= 4 is 5.97 Å². The van der Waals surface area contributed by atoms with Crippen LogP contribution in [0.3, 0.4) is 0 Å². The van der Waals surface area contributed by atoms with Gasteiger partial charge in [0.1, 0.15) is 0 Å². The number of benzene rings is 2. The summed E-state index contributed by atoms with van der Waals surface area (Å²) in [5.74, 6) is -0.738. The van der Waals surface area contributed by atoms with Gasteiger partial charge in [-0.3, -0.25) is 0 Å². The van der Waals surface area contributed by atoms with Gasteiger partial charge in [-0.25, -0.2) is 19.7 Å². The van der Waals surface area contributed by atoms with Crippen molar-refractivity contribution in [2.45, 2.75) is 0 Å². The van der Waals surface area contributed by atoms with Crippen molar-refractivity contribution in [3.05, 3.63) is 66.5 Å². The summed E-state index contributed by atoms with van der Waals surface area (Å²) in [7, 11) is 0. The van der Waals surface area contributed by atoms with Gasteiger partial charge in [0.25, 0.3) is 0 Å². The maximum Gasteiger partial charge on any atom is 0.374 e. The topological polar surface area (TPSA) is 76.0 Å². The third-order valence-electron chi connectivity index (χ3n) is 2.89. The zero-order valence-corrected chi connectivity index (χ0v) is 11.0. The molecule has 2 aromatic carbocycles. The van der Waals surface area contributed by atoms with Crippen molar-refractivity contribution < 1.29 is 9.90 Å². The Labute approximate surface area is 121 Å². The van der Waals surface area contributed by atoms with Crippen molar-refractivity contribution in [1.29, 1.82) is 0 Å². The van der Waals surface area contributed by atoms with Crippen LogP contribution in [-0.2, 0) is 0 Å². The third kappa shape index (κ3) is 2.76. The maximum atomic E-state index is 11.2. The van der Waals surface area contributed by atoms with Crippen LogP contribution in [-0.4, -0.2) is 26.0 Å². The van der Waals surface area contributed by atoms with Gasteiger partial charge in [0.2, 0.25) is 5.82 Å². The molecular formula is C16H11N3O2. The van der Waals surface area contributed by atoms with Crippen LogP contribution in [0.5, 0.6) is 0 Å². The van der Waals surface area contributed by atoms with E-state index < -0.39 is 5.97 Å². The lowest BCUT2D eigenvalue weighted by atomic mass is 10.2. The van der Waals surface area contributed by atoms with E-state index >= 15 is 0 Å². The van der Waals surface area contributed by atoms with Gasteiger partial charge in [0.05, 0.1) is 0 Å². The molecule has 0 aliphatic carbocycles. The molecule has 0 bridgehead atoms. The Morgan fingerprint density at radius 1 is 0.714 bits per heavy atom. The zero-order chi connectivity index (χ0) is 14.7. The molecule has 0 saturated heterocycles. The molecule has 0 unspecified atom stereocenters. The number of rotatable bonds is 3. The van der Waals surface area contributed by atoms with E-state index in [2.05, 4.69) is 15.0 Å². The Kier molecular flexibility index (Phi) is 3.39. The monoisotopic (exact) mass is 277 g/mol. The Morgan fingerprint density at radius 3 is 1.52 bits per heavy atom. The summed E-state index contributed by atoms with van der Waals surface area (Å²) in [4.78, 5) is 23.6. The molecule has 3 aromatic rings. The summed E-state index contributed by atoms with van der Waals surface area (Å²) in [6.07, 6.45) is 0. The van der Waals surface area contributed by atoms with E-state index in [1.807, 2.05) is 60.7 Å². The predicted octanol–water partition coefficient (Wildman–Crippen LogP) is 2.90. The van der Waals surface area contributed by atoms with Gasteiger partial charge >= 0.3 is 5.97 Å². The summed E-state index contributed by atoms with van der Waals surface area (Å²) < 4.78 is 0. The first-order valence-corrected chi connectivity index (χ1v) is 6.34. The SMILES string of the molecule is O=C(O)c1nc(-c2ccccc2)nc(-c2ccccc2)n1. The molecule has 1 aromatic heterocycles. The van der Waals surface area contributed by atoms with Gasteiger partial charge in [-0.05, 0) is 0 Å². The van der Waals surface area contributed by atoms with Crippen LogP contribution in [0.25, 0.3) is 22.8 Å². The highest BCUT2D eigenvalue weighted by molar-refractivity contribution is 5.84. The number of hydrogen-bond donors (Lipinski definition) is 1. The van der Waals surface area contributed by atoms with Crippen LogP contribution in [0, 0.1) is 0 Å². The van der Waals surface area contributed by atoms with Crippen molar-refractivity contribution in [2.75, 3.05) is 0 Å². The normalized spacial score (nSPS) is 10.3. The van der Waals surface area contributed by atoms with Gasteiger partial charge in [0.15, 0.2) is 11.6 Å². The Bertz CT molecular complexity index is 716. The lowest BCUT2D eigenvalue weighted by Gasteiger charge is -2.05. The summed E-state index contributed by atoms with van der Waals surface area (Å²) in [5.41, 5.74) is 1.50. The first-order chi connectivity index (χ1) is 10.2. The number of carboxylic acids is 1. The molecule has 0 atom stereocenters. The Hall–Kier alpha value is -3.08. The lowest BCUT2D eigenvalue weighted by Crippen LogP contribution is -2.08. The molecule has 5 heteroatoms.